The number of likely N-dealkylation sites (tertiary alicyclic amines) is 1. The first-order valence-electron chi connectivity index (χ1n) is 6.25. The number of hydrogen-bond acceptors (Lipinski definition) is 2. The molecule has 1 saturated heterocycles. The standard InChI is InChI=1S/C14H20N2O/c1-11-7-6-8-12(2)13(11)15-14(17)16-9-4-3-5-10-16/h6-8H,3-5,9-10H2,1-2H3,(H,15,17)/p-1. The Kier molecular flexibility index (Phi) is 3.67. The Morgan fingerprint density at radius 1 is 1.12 bits per heavy atom. The smallest absolute Gasteiger partial charge is 0.0698 e. The monoisotopic (exact) mass is 231 g/mol. The Morgan fingerprint density at radius 2 is 1.71 bits per heavy atom. The van der Waals surface area contributed by atoms with E-state index < -0.39 is 0 Å². The molecule has 1 aliphatic heterocycles. The summed E-state index contributed by atoms with van der Waals surface area (Å²) in [5.74, 6) is 0. The average Bonchev–Trinajstić information content (AvgIpc) is 2.35. The molecule has 1 aromatic rings. The van der Waals surface area contributed by atoms with Crippen molar-refractivity contribution < 1.29 is 5.11 Å². The molecule has 3 heteroatoms. The van der Waals surface area contributed by atoms with Crippen LogP contribution in [-0.4, -0.2) is 24.0 Å². The van der Waals surface area contributed by atoms with Crippen LogP contribution in [0.3, 0.4) is 0 Å². The molecule has 92 valence electrons. The number of hydrogen-bond donors (Lipinski definition) is 0. The summed E-state index contributed by atoms with van der Waals surface area (Å²) in [5, 5.41) is 12.0. The van der Waals surface area contributed by atoms with E-state index in [1.165, 1.54) is 6.42 Å². The summed E-state index contributed by atoms with van der Waals surface area (Å²) in [6.07, 6.45) is 3.44. The van der Waals surface area contributed by atoms with Gasteiger partial charge in [-0.2, -0.15) is 0 Å². The van der Waals surface area contributed by atoms with Crippen LogP contribution in [0.1, 0.15) is 30.4 Å². The summed E-state index contributed by atoms with van der Waals surface area (Å²) in [6, 6.07) is 5.90. The molecule has 0 aromatic heterocycles. The van der Waals surface area contributed by atoms with E-state index in [-0.39, 0.29) is 6.02 Å². The number of rotatable bonds is 1. The highest BCUT2D eigenvalue weighted by Gasteiger charge is 2.09. The molecule has 0 N–H and O–H groups in total. The van der Waals surface area contributed by atoms with Crippen LogP contribution in [0.2, 0.25) is 0 Å². The van der Waals surface area contributed by atoms with Crippen LogP contribution < -0.4 is 5.11 Å². The van der Waals surface area contributed by atoms with Crippen LogP contribution in [0.5, 0.6) is 0 Å². The molecule has 0 amide bonds. The van der Waals surface area contributed by atoms with Gasteiger partial charge in [0.2, 0.25) is 0 Å². The minimum Gasteiger partial charge on any atom is -0.846 e. The van der Waals surface area contributed by atoms with E-state index in [2.05, 4.69) is 4.99 Å². The van der Waals surface area contributed by atoms with Gasteiger partial charge in [0, 0.05) is 13.1 Å². The van der Waals surface area contributed by atoms with Crippen LogP contribution >= 0.6 is 0 Å². The number of aliphatic imine (C=N–C) groups is 1. The summed E-state index contributed by atoms with van der Waals surface area (Å²) in [7, 11) is 0. The van der Waals surface area contributed by atoms with Gasteiger partial charge in [-0.15, -0.1) is 0 Å². The second kappa shape index (κ2) is 5.21. The lowest BCUT2D eigenvalue weighted by atomic mass is 10.1. The highest BCUT2D eigenvalue weighted by atomic mass is 16.3. The van der Waals surface area contributed by atoms with Crippen LogP contribution in [-0.2, 0) is 0 Å². The van der Waals surface area contributed by atoms with Crippen molar-refractivity contribution in [3.8, 4) is 0 Å². The maximum Gasteiger partial charge on any atom is 0.0698 e. The molecule has 17 heavy (non-hydrogen) atoms. The number of aryl methyl sites for hydroxylation is 2. The fourth-order valence-corrected chi connectivity index (χ4v) is 2.23. The minimum atomic E-state index is -0.0814. The highest BCUT2D eigenvalue weighted by Crippen LogP contribution is 2.23. The summed E-state index contributed by atoms with van der Waals surface area (Å²) in [5.41, 5.74) is 2.97. The van der Waals surface area contributed by atoms with Gasteiger partial charge in [-0.3, -0.25) is 0 Å². The first kappa shape index (κ1) is 12.0. The molecule has 0 unspecified atom stereocenters. The van der Waals surface area contributed by atoms with E-state index in [0.717, 1.165) is 42.7 Å². The van der Waals surface area contributed by atoms with Crippen molar-refractivity contribution in [1.29, 1.82) is 0 Å². The largest absolute Gasteiger partial charge is 0.846 e. The lowest BCUT2D eigenvalue weighted by Gasteiger charge is -2.33. The molecule has 3 nitrogen and oxygen atoms in total. The van der Waals surface area contributed by atoms with Crippen LogP contribution in [0.4, 0.5) is 5.69 Å². The number of amidine groups is 1. The fourth-order valence-electron chi connectivity index (χ4n) is 2.23. The fraction of sp³-hybridized carbons (Fsp3) is 0.500. The lowest BCUT2D eigenvalue weighted by Crippen LogP contribution is -2.42. The Labute approximate surface area is 103 Å². The second-order valence-corrected chi connectivity index (χ2v) is 4.68. The molecule has 2 rings (SSSR count). The average molecular weight is 231 g/mol. The van der Waals surface area contributed by atoms with Gasteiger partial charge in [0.25, 0.3) is 0 Å². The van der Waals surface area contributed by atoms with E-state index in [0.29, 0.717) is 0 Å². The van der Waals surface area contributed by atoms with Crippen molar-refractivity contribution in [3.05, 3.63) is 29.3 Å². The molecule has 0 spiro atoms. The zero-order valence-electron chi connectivity index (χ0n) is 10.6. The Hall–Kier alpha value is -1.51. The Balaban J connectivity index is 2.22. The van der Waals surface area contributed by atoms with E-state index >= 15 is 0 Å². The summed E-state index contributed by atoms with van der Waals surface area (Å²) in [6.45, 7) is 5.70. The summed E-state index contributed by atoms with van der Waals surface area (Å²) in [4.78, 5) is 6.13. The van der Waals surface area contributed by atoms with Crippen molar-refractivity contribution >= 4 is 11.7 Å². The van der Waals surface area contributed by atoms with Crippen LogP contribution in [0.15, 0.2) is 23.2 Å². The molecule has 0 aliphatic carbocycles. The molecular weight excluding hydrogens is 212 g/mol. The van der Waals surface area contributed by atoms with Crippen LogP contribution in [0, 0.1) is 13.8 Å². The first-order chi connectivity index (χ1) is 8.18. The maximum absolute atomic E-state index is 12.0. The molecule has 0 atom stereocenters. The van der Waals surface area contributed by atoms with Gasteiger partial charge >= 0.3 is 0 Å². The molecule has 1 fully saturated rings. The highest BCUT2D eigenvalue weighted by molar-refractivity contribution is 5.74. The molecule has 1 aromatic carbocycles. The van der Waals surface area contributed by atoms with E-state index in [9.17, 15) is 5.11 Å². The van der Waals surface area contributed by atoms with Crippen molar-refractivity contribution in [2.75, 3.05) is 13.1 Å². The third-order valence-corrected chi connectivity index (χ3v) is 3.27. The van der Waals surface area contributed by atoms with Crippen molar-refractivity contribution in [3.63, 3.8) is 0 Å². The molecule has 1 heterocycles. The number of piperidine rings is 1. The second-order valence-electron chi connectivity index (χ2n) is 4.68. The van der Waals surface area contributed by atoms with E-state index in [4.69, 9.17) is 0 Å². The normalized spacial score (nSPS) is 17.3. The number of para-hydroxylation sites is 1. The molecule has 0 bridgehead atoms. The number of benzene rings is 1. The number of nitrogens with zero attached hydrogens (tertiary/aromatic N) is 2. The van der Waals surface area contributed by atoms with Gasteiger partial charge in [0.1, 0.15) is 0 Å². The van der Waals surface area contributed by atoms with E-state index in [1.807, 2.05) is 36.9 Å². The first-order valence-corrected chi connectivity index (χ1v) is 6.25. The SMILES string of the molecule is Cc1cccc(C)c1N=C([O-])N1CCCCC1. The predicted octanol–water partition coefficient (Wildman–Crippen LogP) is 2.14. The maximum atomic E-state index is 12.0. The van der Waals surface area contributed by atoms with Gasteiger partial charge in [0.05, 0.1) is 11.7 Å². The Morgan fingerprint density at radius 3 is 2.29 bits per heavy atom. The zero-order valence-corrected chi connectivity index (χ0v) is 10.6. The van der Waals surface area contributed by atoms with Crippen molar-refractivity contribution in [1.82, 2.24) is 4.90 Å². The van der Waals surface area contributed by atoms with Gasteiger partial charge in [-0.05, 0) is 44.2 Å². The summed E-state index contributed by atoms with van der Waals surface area (Å²) < 4.78 is 0. The molecule has 0 radical (unpaired) electrons. The quantitative estimate of drug-likeness (QED) is 0.548. The van der Waals surface area contributed by atoms with Gasteiger partial charge < -0.3 is 10.0 Å². The Bertz CT molecular complexity index is 400. The van der Waals surface area contributed by atoms with E-state index in [1.54, 1.807) is 0 Å². The predicted molar refractivity (Wildman–Crippen MR) is 68.4 cm³/mol. The summed E-state index contributed by atoms with van der Waals surface area (Å²) >= 11 is 0. The zero-order chi connectivity index (χ0) is 12.3. The van der Waals surface area contributed by atoms with Gasteiger partial charge in [-0.25, -0.2) is 4.99 Å². The van der Waals surface area contributed by atoms with Crippen LogP contribution in [0.25, 0.3) is 0 Å². The van der Waals surface area contributed by atoms with Crippen molar-refractivity contribution in [2.24, 2.45) is 4.99 Å². The molecule has 1 aliphatic rings. The van der Waals surface area contributed by atoms with Gasteiger partial charge in [0.15, 0.2) is 0 Å². The molecular formula is C14H19N2O-. The van der Waals surface area contributed by atoms with Gasteiger partial charge in [-0.1, -0.05) is 18.2 Å². The minimum absolute atomic E-state index is 0.0814. The third kappa shape index (κ3) is 2.78. The molecule has 0 saturated carbocycles. The lowest BCUT2D eigenvalue weighted by molar-refractivity contribution is -0.235. The topological polar surface area (TPSA) is 38.7 Å². The van der Waals surface area contributed by atoms with Crippen molar-refractivity contribution in [2.45, 2.75) is 33.1 Å². The third-order valence-electron chi connectivity index (χ3n) is 3.27.